The molecule has 12 heteroatoms. The summed E-state index contributed by atoms with van der Waals surface area (Å²) in [5.74, 6) is 1.21. The normalized spacial score (nSPS) is 20.6. The van der Waals surface area contributed by atoms with Crippen LogP contribution in [0.4, 0.5) is 10.2 Å². The summed E-state index contributed by atoms with van der Waals surface area (Å²) in [5, 5.41) is 19.0. The molecule has 0 radical (unpaired) electrons. The van der Waals surface area contributed by atoms with Crippen molar-refractivity contribution >= 4 is 16.9 Å². The van der Waals surface area contributed by atoms with Crippen molar-refractivity contribution in [3.63, 3.8) is 0 Å². The summed E-state index contributed by atoms with van der Waals surface area (Å²) in [5.41, 5.74) is 11.1. The SMILES string of the molecule is C[C@](N)(c1ccc(F)cc1)c1cnc(C2=CCN(c3ncnn4cc(-c5cnn([C@H]6COC[C@H]6O)c5)cc34)CC2)nc1. The average molecular weight is 568 g/mol. The van der Waals surface area contributed by atoms with Gasteiger partial charge in [0.15, 0.2) is 11.6 Å². The summed E-state index contributed by atoms with van der Waals surface area (Å²) in [4.78, 5) is 16.1. The van der Waals surface area contributed by atoms with Crippen molar-refractivity contribution in [3.05, 3.63) is 96.5 Å². The van der Waals surface area contributed by atoms with Crippen molar-refractivity contribution in [2.45, 2.75) is 31.0 Å². The second kappa shape index (κ2) is 10.4. The van der Waals surface area contributed by atoms with Crippen LogP contribution < -0.4 is 10.6 Å². The standard InChI is InChI=1S/C30H30FN9O2/c1-30(32,22-2-4-24(31)5-3-22)23-12-33-28(34-13-23)19-6-8-38(9-7-19)29-25-10-20(14-39(25)37-18-35-29)21-11-36-40(15-21)26-16-42-17-27(26)41/h2-6,10-15,18,26-27,41H,7-9,16-17,32H2,1H3/t26-,27+,30-/m0/s1. The summed E-state index contributed by atoms with van der Waals surface area (Å²) in [6.07, 6.45) is 13.1. The number of ether oxygens (including phenoxy) is 1. The Morgan fingerprint density at radius 3 is 2.52 bits per heavy atom. The number of hydrogen-bond donors (Lipinski definition) is 2. The van der Waals surface area contributed by atoms with E-state index in [0.29, 0.717) is 25.6 Å². The van der Waals surface area contributed by atoms with E-state index in [9.17, 15) is 9.50 Å². The first-order chi connectivity index (χ1) is 20.4. The van der Waals surface area contributed by atoms with Crippen LogP contribution in [0.25, 0.3) is 22.2 Å². The molecule has 0 aliphatic carbocycles. The van der Waals surface area contributed by atoms with Crippen molar-refractivity contribution < 1.29 is 14.2 Å². The third-order valence-corrected chi connectivity index (χ3v) is 8.17. The van der Waals surface area contributed by atoms with E-state index in [4.69, 9.17) is 10.5 Å². The molecule has 214 valence electrons. The highest BCUT2D eigenvalue weighted by Gasteiger charge is 2.29. The van der Waals surface area contributed by atoms with Gasteiger partial charge in [0.1, 0.15) is 29.8 Å². The fraction of sp³-hybridized carbons (Fsp3) is 0.300. The van der Waals surface area contributed by atoms with Crippen molar-refractivity contribution in [1.29, 1.82) is 0 Å². The van der Waals surface area contributed by atoms with Crippen molar-refractivity contribution in [3.8, 4) is 11.1 Å². The molecule has 3 atom stereocenters. The number of nitrogens with two attached hydrogens (primary N) is 1. The zero-order chi connectivity index (χ0) is 28.8. The van der Waals surface area contributed by atoms with E-state index in [1.54, 1.807) is 41.7 Å². The highest BCUT2D eigenvalue weighted by atomic mass is 19.1. The lowest BCUT2D eigenvalue weighted by Crippen LogP contribution is -2.34. The zero-order valence-electron chi connectivity index (χ0n) is 23.0. The van der Waals surface area contributed by atoms with E-state index in [2.05, 4.69) is 42.2 Å². The number of hydrogen-bond acceptors (Lipinski definition) is 9. The van der Waals surface area contributed by atoms with Gasteiger partial charge in [0, 0.05) is 54.6 Å². The molecule has 6 heterocycles. The number of anilines is 1. The Hall–Kier alpha value is -4.52. The first kappa shape index (κ1) is 26.4. The van der Waals surface area contributed by atoms with E-state index >= 15 is 0 Å². The lowest BCUT2D eigenvalue weighted by Gasteiger charge is -2.28. The topological polar surface area (TPSA) is 133 Å². The van der Waals surface area contributed by atoms with Gasteiger partial charge in [0.2, 0.25) is 0 Å². The third-order valence-electron chi connectivity index (χ3n) is 8.17. The average Bonchev–Trinajstić information content (AvgIpc) is 3.77. The Morgan fingerprint density at radius 1 is 1.00 bits per heavy atom. The van der Waals surface area contributed by atoms with Gasteiger partial charge in [-0.3, -0.25) is 4.68 Å². The van der Waals surface area contributed by atoms with E-state index in [0.717, 1.165) is 52.1 Å². The minimum atomic E-state index is -0.844. The highest BCUT2D eigenvalue weighted by Crippen LogP contribution is 2.31. The van der Waals surface area contributed by atoms with Crippen LogP contribution in [-0.2, 0) is 10.3 Å². The molecule has 3 N–H and O–H groups in total. The summed E-state index contributed by atoms with van der Waals surface area (Å²) in [7, 11) is 0. The quantitative estimate of drug-likeness (QED) is 0.318. The summed E-state index contributed by atoms with van der Waals surface area (Å²) in [6, 6.07) is 8.05. The molecular weight excluding hydrogens is 537 g/mol. The summed E-state index contributed by atoms with van der Waals surface area (Å²) >= 11 is 0. The van der Waals surface area contributed by atoms with Crippen molar-refractivity contribution in [2.75, 3.05) is 31.2 Å². The maximum absolute atomic E-state index is 13.4. The number of aromatic nitrogens is 7. The molecule has 1 saturated heterocycles. The van der Waals surface area contributed by atoms with E-state index in [-0.39, 0.29) is 11.9 Å². The minimum Gasteiger partial charge on any atom is -0.388 e. The number of aliphatic hydroxyl groups excluding tert-OH is 1. The van der Waals surface area contributed by atoms with Crippen LogP contribution in [-0.4, -0.2) is 71.9 Å². The molecule has 42 heavy (non-hydrogen) atoms. The van der Waals surface area contributed by atoms with Crippen molar-refractivity contribution in [2.24, 2.45) is 5.73 Å². The molecule has 2 aliphatic heterocycles. The number of fused-ring (bicyclic) bond motifs is 1. The number of aliphatic hydroxyl groups is 1. The van der Waals surface area contributed by atoms with Gasteiger partial charge in [-0.05, 0) is 42.7 Å². The third kappa shape index (κ3) is 4.73. The minimum absolute atomic E-state index is 0.185. The van der Waals surface area contributed by atoms with Crippen LogP contribution in [0.2, 0.25) is 0 Å². The highest BCUT2D eigenvalue weighted by molar-refractivity contribution is 5.78. The first-order valence-electron chi connectivity index (χ1n) is 13.8. The predicted octanol–water partition coefficient (Wildman–Crippen LogP) is 2.97. The van der Waals surface area contributed by atoms with E-state index < -0.39 is 11.6 Å². The van der Waals surface area contributed by atoms with Crippen LogP contribution >= 0.6 is 0 Å². The molecule has 0 saturated carbocycles. The van der Waals surface area contributed by atoms with Gasteiger partial charge in [0.25, 0.3) is 0 Å². The van der Waals surface area contributed by atoms with E-state index in [1.165, 1.54) is 12.1 Å². The number of nitrogens with zero attached hydrogens (tertiary/aromatic N) is 8. The van der Waals surface area contributed by atoms with Gasteiger partial charge >= 0.3 is 0 Å². The molecular formula is C30H30FN9O2. The maximum Gasteiger partial charge on any atom is 0.156 e. The molecule has 0 bridgehead atoms. The molecule has 1 fully saturated rings. The fourth-order valence-corrected chi connectivity index (χ4v) is 5.56. The lowest BCUT2D eigenvalue weighted by atomic mass is 9.87. The van der Waals surface area contributed by atoms with Crippen molar-refractivity contribution in [1.82, 2.24) is 34.3 Å². The number of benzene rings is 1. The summed E-state index contributed by atoms with van der Waals surface area (Å²) in [6.45, 7) is 4.02. The van der Waals surface area contributed by atoms with Gasteiger partial charge < -0.3 is 20.5 Å². The predicted molar refractivity (Wildman–Crippen MR) is 154 cm³/mol. The van der Waals surface area contributed by atoms with Gasteiger partial charge in [-0.25, -0.2) is 23.9 Å². The molecule has 1 aromatic carbocycles. The van der Waals surface area contributed by atoms with Crippen LogP contribution in [0.1, 0.15) is 36.3 Å². The van der Waals surface area contributed by atoms with Crippen LogP contribution in [0.5, 0.6) is 0 Å². The Balaban J connectivity index is 1.08. The molecule has 2 aliphatic rings. The zero-order valence-corrected chi connectivity index (χ0v) is 23.0. The van der Waals surface area contributed by atoms with Gasteiger partial charge in [-0.15, -0.1) is 0 Å². The Kier molecular flexibility index (Phi) is 6.53. The molecule has 11 nitrogen and oxygen atoms in total. The van der Waals surface area contributed by atoms with Crippen LogP contribution in [0, 0.1) is 5.82 Å². The van der Waals surface area contributed by atoms with Gasteiger partial charge in [-0.1, -0.05) is 18.2 Å². The Labute approximate surface area is 241 Å². The Morgan fingerprint density at radius 2 is 1.81 bits per heavy atom. The smallest absolute Gasteiger partial charge is 0.156 e. The molecule has 5 aromatic rings. The molecule has 0 spiro atoms. The lowest BCUT2D eigenvalue weighted by molar-refractivity contribution is 0.118. The van der Waals surface area contributed by atoms with Gasteiger partial charge in [0.05, 0.1) is 24.9 Å². The second-order valence-electron chi connectivity index (χ2n) is 11.0. The Bertz CT molecular complexity index is 1760. The molecule has 0 unspecified atom stereocenters. The number of halogens is 1. The molecule has 4 aromatic heterocycles. The number of rotatable bonds is 6. The van der Waals surface area contributed by atoms with Gasteiger partial charge in [-0.2, -0.15) is 10.2 Å². The molecule has 7 rings (SSSR count). The van der Waals surface area contributed by atoms with Crippen LogP contribution in [0.3, 0.4) is 0 Å². The molecule has 0 amide bonds. The summed E-state index contributed by atoms with van der Waals surface area (Å²) < 4.78 is 22.4. The maximum atomic E-state index is 13.4. The van der Waals surface area contributed by atoms with Crippen LogP contribution in [0.15, 0.2) is 73.7 Å². The van der Waals surface area contributed by atoms with E-state index in [1.807, 2.05) is 23.8 Å². The first-order valence-corrected chi connectivity index (χ1v) is 13.8. The largest absolute Gasteiger partial charge is 0.388 e. The second-order valence-corrected chi connectivity index (χ2v) is 11.0. The monoisotopic (exact) mass is 567 g/mol. The fourth-order valence-electron chi connectivity index (χ4n) is 5.56.